The van der Waals surface area contributed by atoms with Crippen LogP contribution in [0, 0.1) is 17.5 Å². The van der Waals surface area contributed by atoms with E-state index in [0.29, 0.717) is 46.7 Å². The highest BCUT2D eigenvalue weighted by atomic mass is 32.2. The Hall–Kier alpha value is -10.4. The minimum absolute atomic E-state index is 0.0337. The number of hydrogen-bond donors (Lipinski definition) is 1. The lowest BCUT2D eigenvalue weighted by Crippen LogP contribution is -2.14. The molecule has 5 aromatic carbocycles. The zero-order chi connectivity index (χ0) is 66.6. The van der Waals surface area contributed by atoms with E-state index in [9.17, 15) is 49.5 Å². The Bertz CT molecular complexity index is 4810. The van der Waals surface area contributed by atoms with Gasteiger partial charge in [0.1, 0.15) is 52.2 Å². The predicted molar refractivity (Wildman–Crippen MR) is 341 cm³/mol. The summed E-state index contributed by atoms with van der Waals surface area (Å²) < 4.78 is 115. The van der Waals surface area contributed by atoms with Gasteiger partial charge >= 0.3 is 17.9 Å². The number of pyridine rings is 6. The van der Waals surface area contributed by atoms with Crippen molar-refractivity contribution in [3.8, 4) is 17.2 Å². The molecule has 0 saturated heterocycles. The van der Waals surface area contributed by atoms with Gasteiger partial charge in [-0.05, 0) is 125 Å². The number of thioether (sulfide) groups is 1. The van der Waals surface area contributed by atoms with E-state index in [1.165, 1.54) is 74.6 Å². The summed E-state index contributed by atoms with van der Waals surface area (Å²) in [5, 5.41) is 11.3. The van der Waals surface area contributed by atoms with Crippen LogP contribution >= 0.6 is 11.8 Å². The van der Waals surface area contributed by atoms with Crippen molar-refractivity contribution in [2.75, 3.05) is 40.1 Å². The summed E-state index contributed by atoms with van der Waals surface area (Å²) in [6.07, 6.45) is 9.94. The molecule has 19 nitrogen and oxygen atoms in total. The number of carbonyl (C=O) groups is 3. The van der Waals surface area contributed by atoms with Crippen LogP contribution < -0.4 is 9.47 Å². The molecule has 0 atom stereocenters. The quantitative estimate of drug-likeness (QED) is 0.0475. The molecule has 0 radical (unpaired) electrons. The molecule has 6 aromatic heterocycles. The molecule has 476 valence electrons. The van der Waals surface area contributed by atoms with Crippen LogP contribution in [0.15, 0.2) is 185 Å². The highest BCUT2D eigenvalue weighted by Crippen LogP contribution is 2.37. The van der Waals surface area contributed by atoms with Gasteiger partial charge in [-0.3, -0.25) is 15.0 Å². The van der Waals surface area contributed by atoms with Gasteiger partial charge in [0.15, 0.2) is 64.1 Å². The standard InChI is InChI=1S/C25H21FN2O5S.C25H21FN2O3S.C18H15FN2O5S/c1-32-25(29)22-23(33-15-17-6-4-3-5-7-17)21-20(24(28-22)34(2,30)31)13-18(14-27-21)12-16-8-10-19(26)11-9-16;1-30-25(29)22-23(31-15-17-6-4-3-5-7-17)21-20(24(28-22)32-2)13-18(14-27-21)12-16-8-10-19(26)11-9-16;1-26-18(23)15-16(22)14-13(17(21-15)27(2,24)25)8-11(9-20-14)7-10-3-5-12(19)6-4-10/h3-11,13-14H,12,15H2,1-2H3;3-11,13-14H,12,15H2,1-2H3;3-6,8-9,22H,7H2,1-2H3. The Labute approximate surface area is 536 Å². The van der Waals surface area contributed by atoms with Crippen molar-refractivity contribution in [3.05, 3.63) is 249 Å². The van der Waals surface area contributed by atoms with Crippen molar-refractivity contribution in [3.63, 3.8) is 0 Å². The van der Waals surface area contributed by atoms with Crippen molar-refractivity contribution < 1.29 is 73.2 Å². The maximum atomic E-state index is 13.3. The van der Waals surface area contributed by atoms with Crippen LogP contribution in [0.4, 0.5) is 13.2 Å². The molecule has 11 aromatic rings. The molecule has 0 fully saturated rings. The van der Waals surface area contributed by atoms with E-state index < -0.39 is 49.0 Å². The van der Waals surface area contributed by atoms with Gasteiger partial charge in [0.25, 0.3) is 0 Å². The molecule has 0 amide bonds. The average molecular weight is 1320 g/mol. The van der Waals surface area contributed by atoms with Crippen molar-refractivity contribution in [2.24, 2.45) is 0 Å². The first kappa shape index (κ1) is 67.0. The number of aromatic hydroxyl groups is 1. The van der Waals surface area contributed by atoms with E-state index in [0.717, 1.165) is 58.4 Å². The van der Waals surface area contributed by atoms with E-state index in [2.05, 4.69) is 34.6 Å². The molecule has 0 aliphatic carbocycles. The van der Waals surface area contributed by atoms with Gasteiger partial charge in [-0.15, -0.1) is 11.8 Å². The number of rotatable bonds is 18. The lowest BCUT2D eigenvalue weighted by Gasteiger charge is -2.15. The third-order valence-electron chi connectivity index (χ3n) is 13.9. The van der Waals surface area contributed by atoms with Crippen LogP contribution in [0.1, 0.15) is 76.0 Å². The van der Waals surface area contributed by atoms with Crippen molar-refractivity contribution in [1.29, 1.82) is 0 Å². The predicted octanol–water partition coefficient (Wildman–Crippen LogP) is 11.8. The van der Waals surface area contributed by atoms with E-state index >= 15 is 0 Å². The smallest absolute Gasteiger partial charge is 0.360 e. The number of carbonyl (C=O) groups excluding carboxylic acids is 3. The van der Waals surface area contributed by atoms with Crippen LogP contribution in [0.2, 0.25) is 0 Å². The maximum Gasteiger partial charge on any atom is 0.360 e. The second-order valence-corrected chi connectivity index (χ2v) is 25.4. The van der Waals surface area contributed by atoms with E-state index in [4.69, 9.17) is 18.9 Å². The van der Waals surface area contributed by atoms with Crippen LogP contribution in [-0.2, 0) is 66.4 Å². The number of fused-ring (bicyclic) bond motifs is 3. The fraction of sp³-hybridized carbons (Fsp3) is 0.162. The SMILES string of the molecule is COC(=O)c1nc(S(C)(=O)=O)c2cc(Cc3ccc(F)cc3)cnc2c1O.COC(=O)c1nc(S(C)(=O)=O)c2cc(Cc3ccc(F)cc3)cnc2c1OCc1ccccc1.COC(=O)c1nc(SC)c2cc(Cc3ccc(F)cc3)cnc2c1OCc1ccccc1. The monoisotopic (exact) mass is 1320 g/mol. The summed E-state index contributed by atoms with van der Waals surface area (Å²) in [4.78, 5) is 62.4. The first-order chi connectivity index (χ1) is 44.5. The Morgan fingerprint density at radius 3 is 1.15 bits per heavy atom. The van der Waals surface area contributed by atoms with Crippen molar-refractivity contribution in [2.45, 2.75) is 47.6 Å². The largest absolute Gasteiger partial charge is 0.504 e. The Morgan fingerprint density at radius 2 is 0.774 bits per heavy atom. The number of halogens is 3. The maximum absolute atomic E-state index is 13.3. The molecule has 0 bridgehead atoms. The van der Waals surface area contributed by atoms with Gasteiger partial charge in [-0.1, -0.05) is 97.1 Å². The minimum Gasteiger partial charge on any atom is -0.504 e. The van der Waals surface area contributed by atoms with Crippen molar-refractivity contribution in [1.82, 2.24) is 29.9 Å². The average Bonchev–Trinajstić information content (AvgIpc) is 0.778. The number of esters is 3. The summed E-state index contributed by atoms with van der Waals surface area (Å²) in [7, 11) is -4.08. The fourth-order valence-electron chi connectivity index (χ4n) is 9.51. The number of sulfone groups is 2. The number of hydrogen-bond acceptors (Lipinski definition) is 20. The summed E-state index contributed by atoms with van der Waals surface area (Å²) in [6, 6.07) is 42.3. The lowest BCUT2D eigenvalue weighted by molar-refractivity contribution is 0.0578. The molecular formula is C68H57F3N6O13S3. The lowest BCUT2D eigenvalue weighted by atomic mass is 10.0. The molecule has 25 heteroatoms. The number of nitrogens with zero attached hydrogens (tertiary/aromatic N) is 6. The van der Waals surface area contributed by atoms with Gasteiger partial charge in [0.05, 0.1) is 21.3 Å². The molecular weight excluding hydrogens is 1260 g/mol. The van der Waals surface area contributed by atoms with E-state index in [1.54, 1.807) is 54.9 Å². The number of methoxy groups -OCH3 is 3. The van der Waals surface area contributed by atoms with Gasteiger partial charge in [0.2, 0.25) is 0 Å². The minimum atomic E-state index is -3.84. The first-order valence-electron chi connectivity index (χ1n) is 28.0. The summed E-state index contributed by atoms with van der Waals surface area (Å²) in [5.41, 5.74) is 6.59. The van der Waals surface area contributed by atoms with Gasteiger partial charge < -0.3 is 28.8 Å². The highest BCUT2D eigenvalue weighted by molar-refractivity contribution is 7.98. The highest BCUT2D eigenvalue weighted by Gasteiger charge is 2.29. The third-order valence-corrected chi connectivity index (χ3v) is 16.6. The van der Waals surface area contributed by atoms with Gasteiger partial charge in [-0.25, -0.2) is 59.3 Å². The second kappa shape index (κ2) is 29.7. The summed E-state index contributed by atoms with van der Waals surface area (Å²) >= 11 is 1.42. The number of benzene rings is 5. The summed E-state index contributed by atoms with van der Waals surface area (Å²) in [6.45, 7) is 0.373. The fourth-order valence-corrected chi connectivity index (χ4v) is 11.7. The molecule has 0 spiro atoms. The third kappa shape index (κ3) is 16.6. The molecule has 0 unspecified atom stereocenters. The second-order valence-electron chi connectivity index (χ2n) is 20.7. The number of ether oxygens (including phenoxy) is 5. The molecule has 93 heavy (non-hydrogen) atoms. The van der Waals surface area contributed by atoms with Gasteiger partial charge in [0, 0.05) is 47.3 Å². The van der Waals surface area contributed by atoms with Crippen molar-refractivity contribution >= 4 is 82.1 Å². The van der Waals surface area contributed by atoms with Crippen LogP contribution in [0.3, 0.4) is 0 Å². The molecule has 1 N–H and O–H groups in total. The van der Waals surface area contributed by atoms with E-state index in [1.807, 2.05) is 73.0 Å². The molecule has 11 rings (SSSR count). The Balaban J connectivity index is 0.000000166. The van der Waals surface area contributed by atoms with Crippen LogP contribution in [-0.4, -0.2) is 110 Å². The molecule has 0 aliphatic heterocycles. The zero-order valence-corrected chi connectivity index (χ0v) is 53.0. The Kier molecular flexibility index (Phi) is 21.4. The number of aromatic nitrogens is 6. The normalized spacial score (nSPS) is 11.2. The molecule has 6 heterocycles. The van der Waals surface area contributed by atoms with E-state index in [-0.39, 0.29) is 79.7 Å². The molecule has 0 aliphatic rings. The van der Waals surface area contributed by atoms with Crippen LogP contribution in [0.25, 0.3) is 32.7 Å². The molecule has 0 saturated carbocycles. The summed E-state index contributed by atoms with van der Waals surface area (Å²) in [5.74, 6) is -3.61. The first-order valence-corrected chi connectivity index (χ1v) is 33.0. The topological polar surface area (TPSA) is 263 Å². The zero-order valence-electron chi connectivity index (χ0n) is 50.6. The van der Waals surface area contributed by atoms with Gasteiger partial charge in [-0.2, -0.15) is 0 Å². The Morgan fingerprint density at radius 1 is 0.441 bits per heavy atom. The van der Waals surface area contributed by atoms with Crippen LogP contribution in [0.5, 0.6) is 17.2 Å².